The highest BCUT2D eigenvalue weighted by molar-refractivity contribution is 5.89. The summed E-state index contributed by atoms with van der Waals surface area (Å²) < 4.78 is 5.10. The molecule has 0 spiro atoms. The number of methoxy groups -OCH3 is 1. The third kappa shape index (κ3) is 3.71. The second kappa shape index (κ2) is 6.56. The monoisotopic (exact) mass is 271 g/mol. The lowest BCUT2D eigenvalue weighted by Gasteiger charge is -2.08. The third-order valence-corrected chi connectivity index (χ3v) is 2.73. The molecular weight excluding hydrogens is 254 g/mol. The molecule has 20 heavy (non-hydrogen) atoms. The van der Waals surface area contributed by atoms with Crippen molar-refractivity contribution >= 4 is 23.1 Å². The van der Waals surface area contributed by atoms with Crippen LogP contribution in [-0.4, -0.2) is 18.0 Å². The van der Waals surface area contributed by atoms with E-state index in [-0.39, 0.29) is 5.91 Å². The maximum absolute atomic E-state index is 11.2. The number of carbonyl (C=O) groups is 1. The van der Waals surface area contributed by atoms with Crippen LogP contribution in [0.2, 0.25) is 0 Å². The fourth-order valence-corrected chi connectivity index (χ4v) is 1.61. The first-order chi connectivity index (χ1) is 9.71. The predicted octanol–water partition coefficient (Wildman–Crippen LogP) is 3.18. The summed E-state index contributed by atoms with van der Waals surface area (Å²) in [7, 11) is 1.63. The second-order valence-electron chi connectivity index (χ2n) is 4.19. The first-order valence-corrected chi connectivity index (χ1v) is 6.38. The van der Waals surface area contributed by atoms with Gasteiger partial charge in [-0.05, 0) is 36.4 Å². The van der Waals surface area contributed by atoms with Crippen molar-refractivity contribution in [1.29, 1.82) is 0 Å². The van der Waals surface area contributed by atoms with Crippen LogP contribution < -0.4 is 15.4 Å². The van der Waals surface area contributed by atoms with Crippen LogP contribution in [0.15, 0.2) is 42.6 Å². The minimum atomic E-state index is -0.0478. The summed E-state index contributed by atoms with van der Waals surface area (Å²) in [5, 5.41) is 5.92. The smallest absolute Gasteiger partial charge is 0.225 e. The Hall–Kier alpha value is -2.56. The lowest BCUT2D eigenvalue weighted by molar-refractivity contribution is -0.115. The highest BCUT2D eigenvalue weighted by atomic mass is 16.5. The normalized spacial score (nSPS) is 9.90. The highest BCUT2D eigenvalue weighted by Gasteiger charge is 2.01. The standard InChI is InChI=1S/C15H17N3O2/c1-3-15(19)18-14-9-6-12(10-16-14)17-11-4-7-13(20-2)8-5-11/h4-10,17H,3H2,1-2H3,(H,16,18,19). The summed E-state index contributed by atoms with van der Waals surface area (Å²) in [6, 6.07) is 11.2. The van der Waals surface area contributed by atoms with Gasteiger partial charge in [-0.25, -0.2) is 4.98 Å². The van der Waals surface area contributed by atoms with Gasteiger partial charge in [-0.15, -0.1) is 0 Å². The molecule has 0 aliphatic carbocycles. The van der Waals surface area contributed by atoms with Crippen LogP contribution in [0, 0.1) is 0 Å². The maximum atomic E-state index is 11.2. The van der Waals surface area contributed by atoms with E-state index in [1.165, 1.54) is 0 Å². The molecule has 0 unspecified atom stereocenters. The van der Waals surface area contributed by atoms with Crippen LogP contribution in [0.4, 0.5) is 17.2 Å². The van der Waals surface area contributed by atoms with E-state index in [0.29, 0.717) is 12.2 Å². The van der Waals surface area contributed by atoms with Crippen LogP contribution in [0.5, 0.6) is 5.75 Å². The molecule has 5 nitrogen and oxygen atoms in total. The van der Waals surface area contributed by atoms with Crippen molar-refractivity contribution in [3.05, 3.63) is 42.6 Å². The number of carbonyl (C=O) groups excluding carboxylic acids is 1. The zero-order chi connectivity index (χ0) is 14.4. The number of amides is 1. The highest BCUT2D eigenvalue weighted by Crippen LogP contribution is 2.20. The number of anilines is 3. The third-order valence-electron chi connectivity index (χ3n) is 2.73. The maximum Gasteiger partial charge on any atom is 0.225 e. The second-order valence-corrected chi connectivity index (χ2v) is 4.19. The number of rotatable bonds is 5. The molecule has 0 saturated carbocycles. The topological polar surface area (TPSA) is 63.2 Å². The Balaban J connectivity index is 2.00. The van der Waals surface area contributed by atoms with Crippen molar-refractivity contribution < 1.29 is 9.53 Å². The molecule has 0 saturated heterocycles. The van der Waals surface area contributed by atoms with Crippen LogP contribution in [0.1, 0.15) is 13.3 Å². The molecule has 0 radical (unpaired) electrons. The van der Waals surface area contributed by atoms with Gasteiger partial charge in [-0.3, -0.25) is 4.79 Å². The Morgan fingerprint density at radius 1 is 1.15 bits per heavy atom. The lowest BCUT2D eigenvalue weighted by atomic mass is 10.3. The quantitative estimate of drug-likeness (QED) is 0.876. The Morgan fingerprint density at radius 2 is 1.85 bits per heavy atom. The van der Waals surface area contributed by atoms with E-state index in [9.17, 15) is 4.79 Å². The molecule has 1 heterocycles. The molecule has 0 aliphatic heterocycles. The summed E-state index contributed by atoms with van der Waals surface area (Å²) in [6.45, 7) is 1.80. The number of aromatic nitrogens is 1. The minimum Gasteiger partial charge on any atom is -0.497 e. The largest absolute Gasteiger partial charge is 0.497 e. The van der Waals surface area contributed by atoms with Gasteiger partial charge in [0.05, 0.1) is 19.0 Å². The lowest BCUT2D eigenvalue weighted by Crippen LogP contribution is -2.10. The Bertz CT molecular complexity index is 565. The summed E-state index contributed by atoms with van der Waals surface area (Å²) in [6.07, 6.45) is 2.11. The van der Waals surface area contributed by atoms with Crippen molar-refractivity contribution in [3.8, 4) is 5.75 Å². The van der Waals surface area contributed by atoms with E-state index >= 15 is 0 Å². The van der Waals surface area contributed by atoms with Crippen LogP contribution >= 0.6 is 0 Å². The van der Waals surface area contributed by atoms with E-state index in [1.807, 2.05) is 30.3 Å². The number of nitrogens with zero attached hydrogens (tertiary/aromatic N) is 1. The number of ether oxygens (including phenoxy) is 1. The van der Waals surface area contributed by atoms with Gasteiger partial charge in [-0.1, -0.05) is 6.92 Å². The molecule has 104 valence electrons. The van der Waals surface area contributed by atoms with E-state index in [0.717, 1.165) is 17.1 Å². The van der Waals surface area contributed by atoms with E-state index in [1.54, 1.807) is 26.3 Å². The molecule has 0 atom stereocenters. The average Bonchev–Trinajstić information content (AvgIpc) is 2.50. The molecule has 0 aliphatic rings. The molecule has 1 aromatic heterocycles. The molecule has 5 heteroatoms. The molecule has 2 rings (SSSR count). The summed E-state index contributed by atoms with van der Waals surface area (Å²) in [5.41, 5.74) is 1.79. The molecule has 1 aromatic carbocycles. The Labute approximate surface area is 118 Å². The summed E-state index contributed by atoms with van der Waals surface area (Å²) >= 11 is 0. The van der Waals surface area contributed by atoms with Crippen molar-refractivity contribution in [1.82, 2.24) is 4.98 Å². The van der Waals surface area contributed by atoms with Gasteiger partial charge < -0.3 is 15.4 Å². The van der Waals surface area contributed by atoms with Crippen LogP contribution in [0.3, 0.4) is 0 Å². The Kier molecular flexibility index (Phi) is 4.55. The van der Waals surface area contributed by atoms with Gasteiger partial charge in [0.2, 0.25) is 5.91 Å². The zero-order valence-electron chi connectivity index (χ0n) is 11.5. The predicted molar refractivity (Wildman–Crippen MR) is 79.4 cm³/mol. The van der Waals surface area contributed by atoms with E-state index < -0.39 is 0 Å². The minimum absolute atomic E-state index is 0.0478. The van der Waals surface area contributed by atoms with Crippen molar-refractivity contribution in [2.75, 3.05) is 17.7 Å². The van der Waals surface area contributed by atoms with Gasteiger partial charge in [0.15, 0.2) is 0 Å². The number of pyridine rings is 1. The van der Waals surface area contributed by atoms with Crippen LogP contribution in [-0.2, 0) is 4.79 Å². The first-order valence-electron chi connectivity index (χ1n) is 6.38. The van der Waals surface area contributed by atoms with Crippen molar-refractivity contribution in [2.45, 2.75) is 13.3 Å². The van der Waals surface area contributed by atoms with Gasteiger partial charge >= 0.3 is 0 Å². The average molecular weight is 271 g/mol. The zero-order valence-corrected chi connectivity index (χ0v) is 11.5. The molecule has 0 bridgehead atoms. The van der Waals surface area contributed by atoms with Gasteiger partial charge in [0, 0.05) is 12.1 Å². The number of hydrogen-bond donors (Lipinski definition) is 2. The number of hydrogen-bond acceptors (Lipinski definition) is 4. The van der Waals surface area contributed by atoms with Crippen LogP contribution in [0.25, 0.3) is 0 Å². The molecular formula is C15H17N3O2. The van der Waals surface area contributed by atoms with Gasteiger partial charge in [-0.2, -0.15) is 0 Å². The van der Waals surface area contributed by atoms with Gasteiger partial charge in [0.25, 0.3) is 0 Å². The van der Waals surface area contributed by atoms with Gasteiger partial charge in [0.1, 0.15) is 11.6 Å². The fourth-order valence-electron chi connectivity index (χ4n) is 1.61. The molecule has 1 amide bonds. The SMILES string of the molecule is CCC(=O)Nc1ccc(Nc2ccc(OC)cc2)cn1. The van der Waals surface area contributed by atoms with Crippen molar-refractivity contribution in [2.24, 2.45) is 0 Å². The van der Waals surface area contributed by atoms with Crippen molar-refractivity contribution in [3.63, 3.8) is 0 Å². The van der Waals surface area contributed by atoms with E-state index in [2.05, 4.69) is 15.6 Å². The molecule has 0 fully saturated rings. The molecule has 2 aromatic rings. The summed E-state index contributed by atoms with van der Waals surface area (Å²) in [4.78, 5) is 15.4. The first kappa shape index (κ1) is 13.9. The summed E-state index contributed by atoms with van der Waals surface area (Å²) in [5.74, 6) is 1.32. The number of benzene rings is 1. The van der Waals surface area contributed by atoms with E-state index in [4.69, 9.17) is 4.74 Å². The fraction of sp³-hybridized carbons (Fsp3) is 0.200. The Morgan fingerprint density at radius 3 is 2.40 bits per heavy atom. The molecule has 2 N–H and O–H groups in total. The number of nitrogens with one attached hydrogen (secondary N) is 2.